The summed E-state index contributed by atoms with van der Waals surface area (Å²) in [5, 5.41) is 11.2. The van der Waals surface area contributed by atoms with E-state index in [1.165, 1.54) is 0 Å². The molecule has 0 spiro atoms. The van der Waals surface area contributed by atoms with Crippen LogP contribution >= 0.6 is 0 Å². The molecule has 1 N–H and O–H groups in total. The lowest BCUT2D eigenvalue weighted by Crippen LogP contribution is -2.26. The van der Waals surface area contributed by atoms with Crippen LogP contribution in [0.2, 0.25) is 0 Å². The number of aromatic nitrogens is 3. The summed E-state index contributed by atoms with van der Waals surface area (Å²) in [5.41, 5.74) is 1.40. The van der Waals surface area contributed by atoms with Gasteiger partial charge in [0.05, 0.1) is 6.61 Å². The van der Waals surface area contributed by atoms with Gasteiger partial charge in [0.2, 0.25) is 0 Å². The Morgan fingerprint density at radius 1 is 1.21 bits per heavy atom. The van der Waals surface area contributed by atoms with E-state index < -0.39 is 0 Å². The largest absolute Gasteiger partial charge is 0.494 e. The van der Waals surface area contributed by atoms with Crippen LogP contribution in [-0.4, -0.2) is 33.7 Å². The van der Waals surface area contributed by atoms with Crippen LogP contribution in [0, 0.1) is 0 Å². The number of pyridine rings is 1. The van der Waals surface area contributed by atoms with Gasteiger partial charge in [0.1, 0.15) is 11.6 Å². The lowest BCUT2D eigenvalue weighted by molar-refractivity contribution is 0.0953. The third-order valence-electron chi connectivity index (χ3n) is 3.59. The van der Waals surface area contributed by atoms with Crippen molar-refractivity contribution in [1.29, 1.82) is 0 Å². The number of carbonyl (C=O) groups excluding carboxylic acids is 1. The minimum atomic E-state index is -0.120. The SMILES string of the molecule is CCCOc1cccc(C(=O)NCCc2nnc3ccccn23)c1. The summed E-state index contributed by atoms with van der Waals surface area (Å²) in [6.07, 6.45) is 3.46. The maximum atomic E-state index is 12.3. The molecule has 3 aromatic rings. The van der Waals surface area contributed by atoms with Gasteiger partial charge in [-0.25, -0.2) is 0 Å². The molecule has 6 nitrogen and oxygen atoms in total. The summed E-state index contributed by atoms with van der Waals surface area (Å²) in [5.74, 6) is 1.42. The van der Waals surface area contributed by atoms with Gasteiger partial charge in [-0.1, -0.05) is 19.1 Å². The van der Waals surface area contributed by atoms with Crippen molar-refractivity contribution in [1.82, 2.24) is 19.9 Å². The number of nitrogens with zero attached hydrogens (tertiary/aromatic N) is 3. The van der Waals surface area contributed by atoms with Crippen LogP contribution in [0.5, 0.6) is 5.75 Å². The quantitative estimate of drug-likeness (QED) is 0.725. The molecule has 24 heavy (non-hydrogen) atoms. The molecule has 0 aliphatic heterocycles. The molecular weight excluding hydrogens is 304 g/mol. The molecule has 3 rings (SSSR count). The minimum absolute atomic E-state index is 0.120. The van der Waals surface area contributed by atoms with Crippen LogP contribution in [0.15, 0.2) is 48.7 Å². The van der Waals surface area contributed by atoms with Crippen molar-refractivity contribution >= 4 is 11.6 Å². The van der Waals surface area contributed by atoms with Crippen LogP contribution in [0.3, 0.4) is 0 Å². The molecule has 2 heterocycles. The van der Waals surface area contributed by atoms with Crippen LogP contribution < -0.4 is 10.1 Å². The summed E-state index contributed by atoms with van der Waals surface area (Å²) < 4.78 is 7.48. The molecule has 0 saturated carbocycles. The van der Waals surface area contributed by atoms with E-state index in [2.05, 4.69) is 15.5 Å². The van der Waals surface area contributed by atoms with Gasteiger partial charge in [0.15, 0.2) is 5.65 Å². The molecule has 0 unspecified atom stereocenters. The Balaban J connectivity index is 1.57. The van der Waals surface area contributed by atoms with Crippen molar-refractivity contribution in [3.05, 3.63) is 60.0 Å². The van der Waals surface area contributed by atoms with Crippen molar-refractivity contribution in [2.75, 3.05) is 13.2 Å². The van der Waals surface area contributed by atoms with Gasteiger partial charge in [-0.2, -0.15) is 0 Å². The fourth-order valence-electron chi connectivity index (χ4n) is 2.40. The van der Waals surface area contributed by atoms with Crippen LogP contribution in [-0.2, 0) is 6.42 Å². The van der Waals surface area contributed by atoms with Crippen LogP contribution in [0.1, 0.15) is 29.5 Å². The van der Waals surface area contributed by atoms with E-state index in [1.807, 2.05) is 47.9 Å². The zero-order chi connectivity index (χ0) is 16.8. The number of carbonyl (C=O) groups is 1. The third-order valence-corrected chi connectivity index (χ3v) is 3.59. The summed E-state index contributed by atoms with van der Waals surface area (Å²) in [6.45, 7) is 3.18. The van der Waals surface area contributed by atoms with Crippen LogP contribution in [0.4, 0.5) is 0 Å². The maximum Gasteiger partial charge on any atom is 0.251 e. The molecule has 1 amide bonds. The highest BCUT2D eigenvalue weighted by molar-refractivity contribution is 5.94. The van der Waals surface area contributed by atoms with Gasteiger partial charge < -0.3 is 10.1 Å². The molecular formula is C18H20N4O2. The normalized spacial score (nSPS) is 10.7. The van der Waals surface area contributed by atoms with Crippen molar-refractivity contribution in [3.8, 4) is 5.75 Å². The predicted molar refractivity (Wildman–Crippen MR) is 91.3 cm³/mol. The van der Waals surface area contributed by atoms with Crippen molar-refractivity contribution in [2.45, 2.75) is 19.8 Å². The standard InChI is InChI=1S/C18H20N4O2/c1-2-12-24-15-7-5-6-14(13-15)18(23)19-10-9-17-21-20-16-8-3-4-11-22(16)17/h3-8,11,13H,2,9-10,12H2,1H3,(H,19,23). The van der Waals surface area contributed by atoms with E-state index in [1.54, 1.807) is 12.1 Å². The third kappa shape index (κ3) is 3.71. The Hall–Kier alpha value is -2.89. The molecule has 0 bridgehead atoms. The van der Waals surface area contributed by atoms with Gasteiger partial charge in [0.25, 0.3) is 5.91 Å². The Bertz CT molecular complexity index is 829. The number of ether oxygens (including phenoxy) is 1. The Morgan fingerprint density at radius 3 is 3.00 bits per heavy atom. The van der Waals surface area contributed by atoms with Crippen LogP contribution in [0.25, 0.3) is 5.65 Å². The molecule has 6 heteroatoms. The zero-order valence-electron chi connectivity index (χ0n) is 13.6. The zero-order valence-corrected chi connectivity index (χ0v) is 13.6. The van der Waals surface area contributed by atoms with E-state index in [0.29, 0.717) is 30.9 Å². The molecule has 1 aromatic carbocycles. The van der Waals surface area contributed by atoms with Gasteiger partial charge in [0, 0.05) is 24.7 Å². The van der Waals surface area contributed by atoms with Crippen molar-refractivity contribution < 1.29 is 9.53 Å². The second-order valence-electron chi connectivity index (χ2n) is 5.43. The second-order valence-corrected chi connectivity index (χ2v) is 5.43. The first-order valence-corrected chi connectivity index (χ1v) is 8.07. The van der Waals surface area contributed by atoms with Gasteiger partial charge in [-0.15, -0.1) is 10.2 Å². The fraction of sp³-hybridized carbons (Fsp3) is 0.278. The summed E-state index contributed by atoms with van der Waals surface area (Å²) in [7, 11) is 0. The lowest BCUT2D eigenvalue weighted by Gasteiger charge is -2.08. The smallest absolute Gasteiger partial charge is 0.251 e. The minimum Gasteiger partial charge on any atom is -0.494 e. The van der Waals surface area contributed by atoms with Gasteiger partial charge in [-0.3, -0.25) is 9.20 Å². The number of amides is 1. The molecule has 2 aromatic heterocycles. The summed E-state index contributed by atoms with van der Waals surface area (Å²) >= 11 is 0. The van der Waals surface area contributed by atoms with Gasteiger partial charge in [-0.05, 0) is 36.8 Å². The Morgan fingerprint density at radius 2 is 2.12 bits per heavy atom. The highest BCUT2D eigenvalue weighted by atomic mass is 16.5. The molecule has 0 aliphatic carbocycles. The average Bonchev–Trinajstić information content (AvgIpc) is 3.03. The summed E-state index contributed by atoms with van der Waals surface area (Å²) in [6, 6.07) is 13.0. The molecule has 0 saturated heterocycles. The maximum absolute atomic E-state index is 12.3. The molecule has 124 valence electrons. The number of hydrogen-bond acceptors (Lipinski definition) is 4. The lowest BCUT2D eigenvalue weighted by atomic mass is 10.2. The van der Waals surface area contributed by atoms with E-state index in [0.717, 1.165) is 17.9 Å². The van der Waals surface area contributed by atoms with Gasteiger partial charge >= 0.3 is 0 Å². The fourth-order valence-corrected chi connectivity index (χ4v) is 2.40. The summed E-state index contributed by atoms with van der Waals surface area (Å²) in [4.78, 5) is 12.3. The van der Waals surface area contributed by atoms with E-state index in [4.69, 9.17) is 4.74 Å². The number of fused-ring (bicyclic) bond motifs is 1. The first-order chi connectivity index (χ1) is 11.8. The monoisotopic (exact) mass is 324 g/mol. The van der Waals surface area contributed by atoms with Crippen molar-refractivity contribution in [3.63, 3.8) is 0 Å². The predicted octanol–water partition coefficient (Wildman–Crippen LogP) is 2.49. The number of nitrogens with one attached hydrogen (secondary N) is 1. The number of hydrogen-bond donors (Lipinski definition) is 1. The first-order valence-electron chi connectivity index (χ1n) is 8.07. The average molecular weight is 324 g/mol. The highest BCUT2D eigenvalue weighted by Crippen LogP contribution is 2.13. The first kappa shape index (κ1) is 16.0. The van der Waals surface area contributed by atoms with E-state index in [9.17, 15) is 4.79 Å². The van der Waals surface area contributed by atoms with E-state index in [-0.39, 0.29) is 5.91 Å². The number of rotatable bonds is 7. The number of benzene rings is 1. The molecule has 0 radical (unpaired) electrons. The second kappa shape index (κ2) is 7.59. The molecule has 0 aliphatic rings. The topological polar surface area (TPSA) is 68.5 Å². The molecule has 0 fully saturated rings. The van der Waals surface area contributed by atoms with E-state index >= 15 is 0 Å². The Kier molecular flexibility index (Phi) is 5.05. The highest BCUT2D eigenvalue weighted by Gasteiger charge is 2.08. The van der Waals surface area contributed by atoms with Crippen molar-refractivity contribution in [2.24, 2.45) is 0 Å². The molecule has 0 atom stereocenters. The Labute approximate surface area is 140 Å².